The van der Waals surface area contributed by atoms with Crippen LogP contribution in [0.2, 0.25) is 0 Å². The Bertz CT molecular complexity index is 1120. The molecule has 2 aliphatic heterocycles. The molecule has 11 atom stereocenters. The lowest BCUT2D eigenvalue weighted by Gasteiger charge is -2.39. The van der Waals surface area contributed by atoms with Crippen molar-refractivity contribution in [2.75, 3.05) is 13.2 Å². The van der Waals surface area contributed by atoms with Crippen LogP contribution in [0, 0.1) is 0 Å². The summed E-state index contributed by atoms with van der Waals surface area (Å²) < 4.78 is 48.1. The number of aliphatic hydroxyl groups excluding tert-OH is 6. The van der Waals surface area contributed by atoms with Gasteiger partial charge in [-0.1, -0.05) is 0 Å². The van der Waals surface area contributed by atoms with E-state index in [0.29, 0.717) is 0 Å². The minimum Gasteiger partial charge on any atom is -0.394 e. The highest BCUT2D eigenvalue weighted by Gasteiger charge is 2.49. The molecule has 0 amide bonds. The van der Waals surface area contributed by atoms with Gasteiger partial charge >= 0.3 is 21.3 Å². The van der Waals surface area contributed by atoms with Crippen molar-refractivity contribution in [3.63, 3.8) is 0 Å². The number of aliphatic hydroxyl groups is 6. The van der Waals surface area contributed by atoms with Crippen LogP contribution in [0.25, 0.3) is 0 Å². The van der Waals surface area contributed by atoms with E-state index < -0.39 is 95.4 Å². The predicted molar refractivity (Wildman–Crippen MR) is 109 cm³/mol. The molecule has 3 rings (SSSR count). The van der Waals surface area contributed by atoms with E-state index >= 15 is 0 Å². The lowest BCUT2D eigenvalue weighted by Crippen LogP contribution is -2.58. The van der Waals surface area contributed by atoms with Crippen molar-refractivity contribution in [1.29, 1.82) is 0 Å². The number of hydrogen-bond donors (Lipinski definition) is 9. The summed E-state index contributed by atoms with van der Waals surface area (Å²) in [6, 6.07) is 0.928. The number of nitrogens with zero attached hydrogens (tertiary/aromatic N) is 1. The van der Waals surface area contributed by atoms with Crippen molar-refractivity contribution >= 4 is 15.6 Å². The van der Waals surface area contributed by atoms with Crippen LogP contribution in [0.5, 0.6) is 0 Å². The Labute approximate surface area is 199 Å². The molecular weight excluding hydrogens is 542 g/mol. The average molecular weight is 566 g/mol. The van der Waals surface area contributed by atoms with Crippen LogP contribution in [-0.2, 0) is 32.0 Å². The Balaban J connectivity index is 1.61. The van der Waals surface area contributed by atoms with Gasteiger partial charge < -0.3 is 49.9 Å². The molecule has 0 aliphatic carbocycles. The lowest BCUT2D eigenvalue weighted by molar-refractivity contribution is -0.280. The Kier molecular flexibility index (Phi) is 9.05. The van der Waals surface area contributed by atoms with Crippen molar-refractivity contribution in [3.05, 3.63) is 33.1 Å². The molecule has 206 valence electrons. The molecule has 2 fully saturated rings. The van der Waals surface area contributed by atoms with E-state index in [-0.39, 0.29) is 0 Å². The standard InChI is InChI=1S/C15H24N2O17P2/c18-3-5-8(20)10(22)12(24)14(32-5)33-36(28,29)34-35(26,27)30-4-6-9(21)11(23)13(31-6)17-2-1-7(19)16-15(17)25/h1-2,5-6,8-14,18,20-24H,3-4H2,(H,26,27)(H,28,29)(H,16,19,25)/t5-,6-,8-,9-,10+,11-,12-,13-,14?/m1/s1. The number of H-pyrrole nitrogens is 1. The number of phosphoric acid groups is 2. The monoisotopic (exact) mass is 566 g/mol. The maximum Gasteiger partial charge on any atom is 0.483 e. The third-order valence-corrected chi connectivity index (χ3v) is 7.76. The molecule has 3 unspecified atom stereocenters. The van der Waals surface area contributed by atoms with Gasteiger partial charge in [-0.05, 0) is 0 Å². The van der Waals surface area contributed by atoms with Crippen molar-refractivity contribution in [2.45, 2.75) is 55.2 Å². The maximum absolute atomic E-state index is 12.2. The zero-order valence-electron chi connectivity index (χ0n) is 17.9. The fraction of sp³-hybridized carbons (Fsp3) is 0.733. The molecule has 0 aromatic carbocycles. The van der Waals surface area contributed by atoms with E-state index in [1.807, 2.05) is 4.98 Å². The molecule has 0 bridgehead atoms. The maximum atomic E-state index is 12.2. The fourth-order valence-corrected chi connectivity index (χ4v) is 5.51. The summed E-state index contributed by atoms with van der Waals surface area (Å²) >= 11 is 0. The van der Waals surface area contributed by atoms with E-state index in [1.165, 1.54) is 0 Å². The summed E-state index contributed by atoms with van der Waals surface area (Å²) in [4.78, 5) is 44.5. The molecule has 21 heteroatoms. The molecule has 1 aromatic heterocycles. The number of ether oxygens (including phenoxy) is 2. The van der Waals surface area contributed by atoms with Crippen molar-refractivity contribution < 1.29 is 72.4 Å². The average Bonchev–Trinajstić information content (AvgIpc) is 3.06. The van der Waals surface area contributed by atoms with Gasteiger partial charge in [0.1, 0.15) is 42.7 Å². The first-order valence-electron chi connectivity index (χ1n) is 9.99. The number of hydrogen-bond acceptors (Lipinski definition) is 15. The largest absolute Gasteiger partial charge is 0.483 e. The van der Waals surface area contributed by atoms with E-state index in [0.717, 1.165) is 16.8 Å². The number of aromatic nitrogens is 2. The van der Waals surface area contributed by atoms with E-state index in [4.69, 9.17) is 14.6 Å². The van der Waals surface area contributed by atoms with Crippen LogP contribution in [-0.4, -0.2) is 112 Å². The highest BCUT2D eigenvalue weighted by atomic mass is 31.3. The van der Waals surface area contributed by atoms with Crippen LogP contribution < -0.4 is 11.2 Å². The molecule has 19 nitrogen and oxygen atoms in total. The minimum atomic E-state index is -5.59. The molecule has 0 spiro atoms. The zero-order valence-corrected chi connectivity index (χ0v) is 19.6. The molecular formula is C15H24N2O17P2. The SMILES string of the molecule is O=c1ccn([C@@H]2O[C@H](COP(=O)(O)OP(=O)(O)OC3O[C@H](CO)[C@@H](O)[C@H](O)[C@H]3O)[C@@H](O)[C@H]2O)c(=O)[nH]1. The summed E-state index contributed by atoms with van der Waals surface area (Å²) in [6.07, 6.45) is -15.4. The molecule has 3 heterocycles. The van der Waals surface area contributed by atoms with Gasteiger partial charge in [0.15, 0.2) is 12.5 Å². The van der Waals surface area contributed by atoms with Gasteiger partial charge in [0, 0.05) is 12.3 Å². The highest BCUT2D eigenvalue weighted by Crippen LogP contribution is 2.61. The van der Waals surface area contributed by atoms with Crippen LogP contribution in [0.15, 0.2) is 21.9 Å². The first kappa shape index (κ1) is 29.2. The molecule has 2 saturated heterocycles. The summed E-state index contributed by atoms with van der Waals surface area (Å²) in [5.74, 6) is 0. The summed E-state index contributed by atoms with van der Waals surface area (Å²) in [6.45, 7) is -1.93. The molecule has 0 saturated carbocycles. The Morgan fingerprint density at radius 3 is 2.17 bits per heavy atom. The normalized spacial score (nSPS) is 38.4. The predicted octanol–water partition coefficient (Wildman–Crippen LogP) is -4.79. The number of rotatable bonds is 9. The molecule has 0 radical (unpaired) electrons. The second kappa shape index (κ2) is 11.2. The van der Waals surface area contributed by atoms with Crippen molar-refractivity contribution in [2.24, 2.45) is 0 Å². The molecule has 1 aromatic rings. The summed E-state index contributed by atoms with van der Waals surface area (Å²) in [5, 5.41) is 58.6. The first-order valence-corrected chi connectivity index (χ1v) is 13.0. The third-order valence-electron chi connectivity index (χ3n) is 5.16. The van der Waals surface area contributed by atoms with Gasteiger partial charge in [0.25, 0.3) is 5.56 Å². The minimum absolute atomic E-state index is 0.723. The number of nitrogens with one attached hydrogen (secondary N) is 1. The summed E-state index contributed by atoms with van der Waals surface area (Å²) in [7, 11) is -11.1. The van der Waals surface area contributed by atoms with Gasteiger partial charge in [-0.15, -0.1) is 0 Å². The van der Waals surface area contributed by atoms with Crippen LogP contribution in [0.1, 0.15) is 6.23 Å². The molecule has 2 aliphatic rings. The van der Waals surface area contributed by atoms with Gasteiger partial charge in [-0.2, -0.15) is 4.31 Å². The van der Waals surface area contributed by atoms with Gasteiger partial charge in [-0.25, -0.2) is 13.9 Å². The Morgan fingerprint density at radius 1 is 0.917 bits per heavy atom. The van der Waals surface area contributed by atoms with Gasteiger partial charge in [0.05, 0.1) is 13.2 Å². The van der Waals surface area contributed by atoms with E-state index in [2.05, 4.69) is 13.4 Å². The summed E-state index contributed by atoms with van der Waals surface area (Å²) in [5.41, 5.74) is -1.75. The van der Waals surface area contributed by atoms with E-state index in [9.17, 15) is 54.0 Å². The second-order valence-corrected chi connectivity index (χ2v) is 10.7. The third kappa shape index (κ3) is 6.54. The Hall–Kier alpha value is -1.38. The van der Waals surface area contributed by atoms with Crippen molar-refractivity contribution in [3.8, 4) is 0 Å². The second-order valence-electron chi connectivity index (χ2n) is 7.68. The topological polar surface area (TPSA) is 297 Å². The first-order chi connectivity index (χ1) is 16.7. The van der Waals surface area contributed by atoms with Gasteiger partial charge in [-0.3, -0.25) is 23.4 Å². The fourth-order valence-electron chi connectivity index (χ4n) is 3.35. The van der Waals surface area contributed by atoms with Crippen LogP contribution in [0.4, 0.5) is 0 Å². The van der Waals surface area contributed by atoms with Gasteiger partial charge in [0.2, 0.25) is 0 Å². The van der Waals surface area contributed by atoms with Crippen LogP contribution >= 0.6 is 15.6 Å². The highest BCUT2D eigenvalue weighted by molar-refractivity contribution is 7.61. The number of aromatic amines is 1. The van der Waals surface area contributed by atoms with E-state index in [1.54, 1.807) is 0 Å². The number of phosphoric ester groups is 2. The Morgan fingerprint density at radius 2 is 1.56 bits per heavy atom. The molecule has 9 N–H and O–H groups in total. The van der Waals surface area contributed by atoms with Crippen LogP contribution in [0.3, 0.4) is 0 Å². The van der Waals surface area contributed by atoms with Crippen molar-refractivity contribution in [1.82, 2.24) is 9.55 Å². The quantitative estimate of drug-likeness (QED) is 0.127. The lowest BCUT2D eigenvalue weighted by atomic mass is 10.00. The smallest absolute Gasteiger partial charge is 0.394 e. The molecule has 36 heavy (non-hydrogen) atoms. The zero-order chi connectivity index (χ0) is 27.0.